The molecule has 1 heterocycles. The van der Waals surface area contributed by atoms with Crippen molar-refractivity contribution in [3.05, 3.63) is 41.7 Å². The zero-order valence-corrected chi connectivity index (χ0v) is 20.1. The van der Waals surface area contributed by atoms with Gasteiger partial charge in [0.2, 0.25) is 0 Å². The Kier molecular flexibility index (Phi) is 8.79. The van der Waals surface area contributed by atoms with Crippen LogP contribution >= 0.6 is 0 Å². The van der Waals surface area contributed by atoms with Gasteiger partial charge in [-0.05, 0) is 58.8 Å². The van der Waals surface area contributed by atoms with Gasteiger partial charge >= 0.3 is 0 Å². The number of likely N-dealkylation sites (N-methyl/N-ethyl adjacent to an activating group) is 1. The van der Waals surface area contributed by atoms with E-state index in [9.17, 15) is 0 Å². The van der Waals surface area contributed by atoms with Crippen molar-refractivity contribution >= 4 is 5.96 Å². The van der Waals surface area contributed by atoms with Crippen LogP contribution in [0.3, 0.4) is 0 Å². The molecule has 8 heteroatoms. The van der Waals surface area contributed by atoms with Crippen LogP contribution < -0.4 is 20.1 Å². The Morgan fingerprint density at radius 3 is 2.69 bits per heavy atom. The molecule has 1 atom stereocenters. The van der Waals surface area contributed by atoms with Crippen molar-refractivity contribution in [2.75, 3.05) is 34.3 Å². The highest BCUT2D eigenvalue weighted by molar-refractivity contribution is 5.79. The van der Waals surface area contributed by atoms with Gasteiger partial charge in [0.05, 0.1) is 32.0 Å². The summed E-state index contributed by atoms with van der Waals surface area (Å²) in [6, 6.07) is 6.19. The molecule has 0 amide bonds. The van der Waals surface area contributed by atoms with Crippen LogP contribution in [-0.4, -0.2) is 61.0 Å². The van der Waals surface area contributed by atoms with Gasteiger partial charge in [0.25, 0.3) is 0 Å². The lowest BCUT2D eigenvalue weighted by molar-refractivity contribution is 0.207. The molecule has 1 aromatic carbocycles. The van der Waals surface area contributed by atoms with E-state index in [-0.39, 0.29) is 12.1 Å². The summed E-state index contributed by atoms with van der Waals surface area (Å²) in [7, 11) is 7.78. The molecule has 1 aliphatic carbocycles. The third kappa shape index (κ3) is 6.63. The van der Waals surface area contributed by atoms with Gasteiger partial charge in [0, 0.05) is 43.5 Å². The number of rotatable bonds is 10. The molecule has 176 valence electrons. The first kappa shape index (κ1) is 23.9. The van der Waals surface area contributed by atoms with Crippen molar-refractivity contribution in [2.45, 2.75) is 51.3 Å². The number of guanidine groups is 1. The van der Waals surface area contributed by atoms with Gasteiger partial charge in [0.15, 0.2) is 5.96 Å². The normalized spacial score (nSPS) is 15.8. The second kappa shape index (κ2) is 11.8. The van der Waals surface area contributed by atoms with Crippen molar-refractivity contribution < 1.29 is 9.47 Å². The van der Waals surface area contributed by atoms with E-state index in [1.165, 1.54) is 18.4 Å². The summed E-state index contributed by atoms with van der Waals surface area (Å²) < 4.78 is 13.6. The number of nitrogens with zero attached hydrogens (tertiary/aromatic N) is 4. The Hall–Kier alpha value is -2.74. The molecular formula is C24H38N6O2. The van der Waals surface area contributed by atoms with E-state index >= 15 is 0 Å². The Morgan fingerprint density at radius 1 is 1.28 bits per heavy atom. The first-order chi connectivity index (χ1) is 15.5. The van der Waals surface area contributed by atoms with Crippen LogP contribution in [0.4, 0.5) is 0 Å². The van der Waals surface area contributed by atoms with E-state index in [0.29, 0.717) is 6.54 Å². The van der Waals surface area contributed by atoms with Gasteiger partial charge in [0.1, 0.15) is 11.5 Å². The predicted octanol–water partition coefficient (Wildman–Crippen LogP) is 3.11. The molecule has 32 heavy (non-hydrogen) atoms. The topological polar surface area (TPSA) is 75.9 Å². The largest absolute Gasteiger partial charge is 0.497 e. The standard InChI is InChI=1S/C24H38N6O2/c1-6-25-24(27-16-22(29(2)3)19-15-28-30(4)17-19)26-14-18-11-12-21(31-5)13-23(18)32-20-9-7-8-10-20/h11-13,15,17,20,22H,6-10,14,16H2,1-5H3,(H2,25,26,27). The molecule has 1 saturated carbocycles. The van der Waals surface area contributed by atoms with Crippen molar-refractivity contribution in [3.63, 3.8) is 0 Å². The Morgan fingerprint density at radius 2 is 2.06 bits per heavy atom. The summed E-state index contributed by atoms with van der Waals surface area (Å²) in [5, 5.41) is 11.2. The molecule has 0 spiro atoms. The van der Waals surface area contributed by atoms with Gasteiger partial charge in [-0.3, -0.25) is 4.68 Å². The maximum absolute atomic E-state index is 6.33. The molecule has 0 bridgehead atoms. The van der Waals surface area contributed by atoms with Gasteiger partial charge in [-0.2, -0.15) is 5.10 Å². The van der Waals surface area contributed by atoms with E-state index in [0.717, 1.165) is 49.0 Å². The van der Waals surface area contributed by atoms with Crippen LogP contribution in [0.15, 0.2) is 35.6 Å². The Bertz CT molecular complexity index is 873. The number of hydrogen-bond acceptors (Lipinski definition) is 5. The van der Waals surface area contributed by atoms with Crippen molar-refractivity contribution in [2.24, 2.45) is 12.0 Å². The minimum absolute atomic E-state index is 0.190. The van der Waals surface area contributed by atoms with Crippen LogP contribution in [0.5, 0.6) is 11.5 Å². The molecule has 2 N–H and O–H groups in total. The zero-order valence-electron chi connectivity index (χ0n) is 20.1. The average Bonchev–Trinajstić information content (AvgIpc) is 3.44. The van der Waals surface area contributed by atoms with Crippen molar-refractivity contribution in [3.8, 4) is 11.5 Å². The summed E-state index contributed by atoms with van der Waals surface area (Å²) in [6.45, 7) is 4.11. The summed E-state index contributed by atoms with van der Waals surface area (Å²) in [5.74, 6) is 2.46. The molecule has 0 radical (unpaired) electrons. The fourth-order valence-electron chi connectivity index (χ4n) is 4.00. The predicted molar refractivity (Wildman–Crippen MR) is 128 cm³/mol. The first-order valence-electron chi connectivity index (χ1n) is 11.5. The van der Waals surface area contributed by atoms with Crippen LogP contribution in [0.1, 0.15) is 49.8 Å². The minimum Gasteiger partial charge on any atom is -0.497 e. The van der Waals surface area contributed by atoms with Crippen LogP contribution in [0.25, 0.3) is 0 Å². The SMILES string of the molecule is CCNC(=NCc1ccc(OC)cc1OC1CCCC1)NCC(c1cnn(C)c1)N(C)C. The van der Waals surface area contributed by atoms with Crippen LogP contribution in [-0.2, 0) is 13.6 Å². The number of benzene rings is 1. The third-order valence-electron chi connectivity index (χ3n) is 5.82. The second-order valence-corrected chi connectivity index (χ2v) is 8.50. The Labute approximate surface area is 192 Å². The summed E-state index contributed by atoms with van der Waals surface area (Å²) in [6.07, 6.45) is 8.97. The number of aromatic nitrogens is 2. The number of methoxy groups -OCH3 is 1. The van der Waals surface area contributed by atoms with Gasteiger partial charge in [-0.25, -0.2) is 4.99 Å². The Balaban J connectivity index is 1.71. The summed E-state index contributed by atoms with van der Waals surface area (Å²) in [4.78, 5) is 7.02. The molecule has 1 aromatic heterocycles. The average molecular weight is 443 g/mol. The fourth-order valence-corrected chi connectivity index (χ4v) is 4.00. The van der Waals surface area contributed by atoms with E-state index < -0.39 is 0 Å². The van der Waals surface area contributed by atoms with Gasteiger partial charge < -0.3 is 25.0 Å². The second-order valence-electron chi connectivity index (χ2n) is 8.50. The molecule has 2 aromatic rings. The smallest absolute Gasteiger partial charge is 0.191 e. The van der Waals surface area contributed by atoms with E-state index in [4.69, 9.17) is 14.5 Å². The lowest BCUT2D eigenvalue weighted by Gasteiger charge is -2.24. The van der Waals surface area contributed by atoms with Crippen LogP contribution in [0.2, 0.25) is 0 Å². The van der Waals surface area contributed by atoms with Gasteiger partial charge in [-0.15, -0.1) is 0 Å². The molecule has 1 unspecified atom stereocenters. The monoisotopic (exact) mass is 442 g/mol. The highest BCUT2D eigenvalue weighted by Crippen LogP contribution is 2.30. The molecule has 0 aliphatic heterocycles. The molecule has 1 fully saturated rings. The number of aliphatic imine (C=N–C) groups is 1. The molecule has 8 nitrogen and oxygen atoms in total. The van der Waals surface area contributed by atoms with Gasteiger partial charge in [-0.1, -0.05) is 0 Å². The highest BCUT2D eigenvalue weighted by atomic mass is 16.5. The van der Waals surface area contributed by atoms with Crippen molar-refractivity contribution in [1.82, 2.24) is 25.3 Å². The molecular weight excluding hydrogens is 404 g/mol. The summed E-state index contributed by atoms with van der Waals surface area (Å²) in [5.41, 5.74) is 2.23. The summed E-state index contributed by atoms with van der Waals surface area (Å²) >= 11 is 0. The maximum atomic E-state index is 6.33. The lowest BCUT2D eigenvalue weighted by atomic mass is 10.1. The van der Waals surface area contributed by atoms with E-state index in [2.05, 4.69) is 53.9 Å². The molecule has 0 saturated heterocycles. The number of nitrogens with one attached hydrogen (secondary N) is 2. The van der Waals surface area contributed by atoms with E-state index in [1.807, 2.05) is 30.1 Å². The zero-order chi connectivity index (χ0) is 22.9. The van der Waals surface area contributed by atoms with Crippen molar-refractivity contribution in [1.29, 1.82) is 0 Å². The van der Waals surface area contributed by atoms with E-state index in [1.54, 1.807) is 7.11 Å². The fraction of sp³-hybridized carbons (Fsp3) is 0.583. The number of hydrogen-bond donors (Lipinski definition) is 2. The highest BCUT2D eigenvalue weighted by Gasteiger charge is 2.19. The maximum Gasteiger partial charge on any atom is 0.191 e. The first-order valence-corrected chi connectivity index (χ1v) is 11.5. The quantitative estimate of drug-likeness (QED) is 0.435. The molecule has 3 rings (SSSR count). The third-order valence-corrected chi connectivity index (χ3v) is 5.82. The van der Waals surface area contributed by atoms with Crippen LogP contribution in [0, 0.1) is 0 Å². The minimum atomic E-state index is 0.190. The molecule has 1 aliphatic rings. The lowest BCUT2D eigenvalue weighted by Crippen LogP contribution is -2.41. The number of aryl methyl sites for hydroxylation is 1. The number of ether oxygens (including phenoxy) is 2.